The summed E-state index contributed by atoms with van der Waals surface area (Å²) in [6, 6.07) is 4.91. The van der Waals surface area contributed by atoms with Crippen LogP contribution in [-0.2, 0) is 63.0 Å². The van der Waals surface area contributed by atoms with Gasteiger partial charge in [0.05, 0.1) is 88.2 Å². The largest absolute Gasteiger partial charge is 0.495 e. The van der Waals surface area contributed by atoms with Crippen LogP contribution in [0.1, 0.15) is 184 Å². The Labute approximate surface area is 748 Å². The Morgan fingerprint density at radius 1 is 0.600 bits per heavy atom. The smallest absolute Gasteiger partial charge is 0.411 e. The van der Waals surface area contributed by atoms with E-state index >= 15 is 0 Å². The van der Waals surface area contributed by atoms with Crippen LogP contribution >= 0.6 is 45.9 Å². The molecule has 9 aliphatic rings. The van der Waals surface area contributed by atoms with Crippen LogP contribution in [-0.4, -0.2) is 238 Å². The molecule has 125 heavy (non-hydrogen) atoms. The molecule has 0 radical (unpaired) electrons. The van der Waals surface area contributed by atoms with E-state index in [1.54, 1.807) is 84.0 Å². The highest BCUT2D eigenvalue weighted by Crippen LogP contribution is 2.59. The number of ether oxygens (including phenoxy) is 7. The summed E-state index contributed by atoms with van der Waals surface area (Å²) >= 11 is 16.9. The number of allylic oxidation sites excluding steroid dienone is 2. The molecule has 2 aromatic carbocycles. The summed E-state index contributed by atoms with van der Waals surface area (Å²) in [5, 5.41) is 5.60. The minimum absolute atomic E-state index is 0.00677. The highest BCUT2D eigenvalue weighted by atomic mass is 35.5. The number of sulfonamides is 2. The molecule has 6 amide bonds. The van der Waals surface area contributed by atoms with Crippen molar-refractivity contribution in [3.63, 3.8) is 0 Å². The number of ketones is 2. The number of benzene rings is 2. The van der Waals surface area contributed by atoms with Crippen molar-refractivity contribution in [3.8, 4) is 44.4 Å². The minimum Gasteiger partial charge on any atom is -0.495 e. The van der Waals surface area contributed by atoms with Crippen molar-refractivity contribution in [2.24, 2.45) is 34.5 Å². The van der Waals surface area contributed by atoms with Gasteiger partial charge in [0.2, 0.25) is 43.7 Å². The van der Waals surface area contributed by atoms with E-state index in [9.17, 15) is 55.2 Å². The van der Waals surface area contributed by atoms with E-state index in [1.165, 1.54) is 49.4 Å². The normalized spacial score (nSPS) is 25.7. The number of nitrogens with one attached hydrogen (secondary N) is 2. The molecule has 15 rings (SSSR count). The van der Waals surface area contributed by atoms with Gasteiger partial charge in [0.15, 0.2) is 11.6 Å². The number of morpholine rings is 1. The number of hydrogen-bond donors (Lipinski definition) is 2. The molecule has 4 aliphatic carbocycles. The number of fused-ring (bicyclic) bond motifs is 4. The number of Topliss-reactive ketones (excluding diaryl/α,β-unsaturated/α-hetero) is 2. The van der Waals surface area contributed by atoms with Crippen molar-refractivity contribution in [2.75, 3.05) is 59.7 Å². The van der Waals surface area contributed by atoms with Crippen LogP contribution in [0.4, 0.5) is 9.59 Å². The van der Waals surface area contributed by atoms with Crippen molar-refractivity contribution in [2.45, 2.75) is 243 Å². The Morgan fingerprint density at radius 2 is 1.00 bits per heavy atom. The summed E-state index contributed by atoms with van der Waals surface area (Å²) < 4.78 is 99.0. The van der Waals surface area contributed by atoms with Crippen LogP contribution in [0.2, 0.25) is 10.0 Å². The lowest BCUT2D eigenvalue weighted by atomic mass is 9.91. The van der Waals surface area contributed by atoms with Crippen molar-refractivity contribution in [1.29, 1.82) is 0 Å². The number of halogens is 2. The molecule has 2 N–H and O–H groups in total. The van der Waals surface area contributed by atoms with E-state index in [-0.39, 0.29) is 85.3 Å². The summed E-state index contributed by atoms with van der Waals surface area (Å²) in [6.07, 6.45) is 1.85. The molecular formula is C89H113Cl2N11O19S4. The average Bonchev–Trinajstić information content (AvgIpc) is 1.56. The maximum absolute atomic E-state index is 15.0. The van der Waals surface area contributed by atoms with Gasteiger partial charge in [-0.2, -0.15) is 0 Å². The van der Waals surface area contributed by atoms with E-state index in [1.807, 2.05) is 58.4 Å². The van der Waals surface area contributed by atoms with Crippen molar-refractivity contribution in [3.05, 3.63) is 93.9 Å². The molecule has 5 aliphatic heterocycles. The third-order valence-corrected chi connectivity index (χ3v) is 31.0. The number of hydrogen-bond acceptors (Lipinski definition) is 26. The van der Waals surface area contributed by atoms with Crippen molar-refractivity contribution in [1.82, 2.24) is 53.9 Å². The molecule has 36 heteroatoms. The molecule has 5 saturated heterocycles. The van der Waals surface area contributed by atoms with Gasteiger partial charge in [-0.15, -0.1) is 35.8 Å². The fraction of sp³-hybridized carbons (Fsp3) is 0.596. The molecule has 30 nitrogen and oxygen atoms in total. The number of carbonyl (C=O) groups is 8. The van der Waals surface area contributed by atoms with E-state index in [0.29, 0.717) is 118 Å². The molecule has 0 unspecified atom stereocenters. The Hall–Kier alpha value is -8.64. The van der Waals surface area contributed by atoms with Crippen LogP contribution in [0.15, 0.2) is 72.5 Å². The van der Waals surface area contributed by atoms with Crippen LogP contribution in [0.25, 0.3) is 43.2 Å². The first kappa shape index (κ1) is 92.5. The highest BCUT2D eigenvalue weighted by molar-refractivity contribution is 7.91. The lowest BCUT2D eigenvalue weighted by Crippen LogP contribution is -2.66. The highest BCUT2D eigenvalue weighted by Gasteiger charge is 2.66. The number of piperazine rings is 2. The van der Waals surface area contributed by atoms with E-state index < -0.39 is 160 Å². The summed E-state index contributed by atoms with van der Waals surface area (Å²) in [4.78, 5) is 143. The third kappa shape index (κ3) is 19.3. The second-order valence-corrected chi connectivity index (χ2v) is 44.1. The molecule has 12 atom stereocenters. The SMILES string of the molecule is C=C[C@@H]1C[C@]1(CC(=O)[C@@H]1C[C@@H](Oc2cc(-c3nc(C(C)C)cs3)nc3c(Cl)c(OC)ccc23)[C@H]2CN(C(=O)OC(C)(C)C)[C@H](C(C)C)C(=O)N21)C(=O)NS(=O)(=O)C1CC1.C=C[C@@H]1C[C@]1(CC(=O)[C@@H]1C[C@@H](Oc2cc(-c3nc(C(C)C)cs3)nc3c(Cl)c(OCCN4CCOCC4)ccc23)[C@H]2CN(C(=O)OC(C)(C)C)[C@H](C(C)C)C(=O)N21)C(=O)NS(=O)(=O)C1CC1. The number of rotatable bonds is 29. The predicted molar refractivity (Wildman–Crippen MR) is 474 cm³/mol. The molecule has 0 spiro atoms. The number of amides is 6. The van der Waals surface area contributed by atoms with Crippen LogP contribution < -0.4 is 28.4 Å². The quantitative estimate of drug-likeness (QED) is 0.0412. The van der Waals surface area contributed by atoms with Gasteiger partial charge in [-0.3, -0.25) is 52.9 Å². The van der Waals surface area contributed by atoms with Gasteiger partial charge in [0, 0.05) is 92.1 Å². The lowest BCUT2D eigenvalue weighted by molar-refractivity contribution is -0.153. The third-order valence-electron chi connectivity index (χ3n) is 24.9. The Morgan fingerprint density at radius 3 is 1.35 bits per heavy atom. The van der Waals surface area contributed by atoms with Gasteiger partial charge < -0.3 is 43.0 Å². The maximum atomic E-state index is 15.0. The van der Waals surface area contributed by atoms with Crippen LogP contribution in [0.5, 0.6) is 23.0 Å². The van der Waals surface area contributed by atoms with Gasteiger partial charge in [0.1, 0.15) is 96.5 Å². The molecular weight excluding hydrogens is 1730 g/mol. The van der Waals surface area contributed by atoms with Crippen molar-refractivity contribution < 1.29 is 88.3 Å². The number of nitrogens with zero attached hydrogens (tertiary/aromatic N) is 9. The second-order valence-electron chi connectivity index (χ2n) is 37.7. The second kappa shape index (κ2) is 35.8. The van der Waals surface area contributed by atoms with E-state index in [2.05, 4.69) is 41.3 Å². The van der Waals surface area contributed by atoms with Gasteiger partial charge in [0.25, 0.3) is 0 Å². The van der Waals surface area contributed by atoms with Crippen LogP contribution in [0.3, 0.4) is 0 Å². The number of pyridine rings is 2. The number of methoxy groups -OCH3 is 1. The summed E-state index contributed by atoms with van der Waals surface area (Å²) in [6.45, 7) is 37.8. The Kier molecular flexibility index (Phi) is 26.5. The minimum atomic E-state index is -3.90. The predicted octanol–water partition coefficient (Wildman–Crippen LogP) is 13.5. The summed E-state index contributed by atoms with van der Waals surface area (Å²) in [5.41, 5.74) is -0.797. The average molecular weight is 1840 g/mol. The molecule has 4 saturated carbocycles. The zero-order valence-corrected chi connectivity index (χ0v) is 78.1. The number of carbonyl (C=O) groups excluding carboxylic acids is 8. The van der Waals surface area contributed by atoms with E-state index in [0.717, 1.165) is 24.5 Å². The Balaban J connectivity index is 0.000000204. The van der Waals surface area contributed by atoms with Gasteiger partial charge in [-0.1, -0.05) is 90.7 Å². The molecule has 4 aromatic heterocycles. The zero-order valence-electron chi connectivity index (χ0n) is 73.3. The first-order valence-corrected chi connectivity index (χ1v) is 48.6. The number of thiazole rings is 2. The number of aromatic nitrogens is 4. The first-order valence-electron chi connectivity index (χ1n) is 42.9. The van der Waals surface area contributed by atoms with Crippen molar-refractivity contribution >= 4 is 135 Å². The zero-order chi connectivity index (χ0) is 90.4. The fourth-order valence-electron chi connectivity index (χ4n) is 17.7. The fourth-order valence-corrected chi connectivity index (χ4v) is 22.9. The van der Waals surface area contributed by atoms with Gasteiger partial charge >= 0.3 is 12.2 Å². The van der Waals surface area contributed by atoms with Gasteiger partial charge in [-0.05, 0) is 140 Å². The molecule has 0 bridgehead atoms. The first-order chi connectivity index (χ1) is 58.9. The monoisotopic (exact) mass is 1840 g/mol. The summed E-state index contributed by atoms with van der Waals surface area (Å²) in [7, 11) is -6.28. The maximum Gasteiger partial charge on any atom is 0.411 e. The van der Waals surface area contributed by atoms with E-state index in [4.69, 9.17) is 76.3 Å². The standard InChI is InChI=1S/C47H61ClN6O10S2.C42H52ClN5O9S2/c1-9-28-22-47(28,44(57)51-66(59,60)29-10-11-29)23-35(55)33-21-38(34-24-53(45(58)64-46(6,7)8)41(27(4)5)43(56)54(33)34)63-37-20-31(42-50-32(25-65-42)26(2)3)49-40-30(37)12-13-36(39(40)48)62-19-16-52-14-17-61-18-15-52;1-10-23-17-42(23,39(51)46-59(53,54)24-11-12-24)18-30(49)28-16-33(29-19-47(40(52)57-41(6,7)8)36(22(4)5)38(50)48(28)29)56-32-15-26(37-45-27(20-58-37)21(2)3)44-35-25(32)13-14-31(55-9)34(35)43/h9,12-13,20,25-29,33-34,38,41H,1,10-11,14-19,21-24H2,2-8H3,(H,51,57);10,13-15,20-24,28-29,33,36H,1,11-12,16-19H2,2-9H3,(H,46,51)/t28-,33+,34-,38-,41-,47-;23-,28+,29-,33-,36-,42-/m11/s1. The van der Waals surface area contributed by atoms with Gasteiger partial charge in [-0.25, -0.2) is 46.4 Å². The Bertz CT molecular complexity index is 5480. The summed E-state index contributed by atoms with van der Waals surface area (Å²) in [5.74, 6) is -2.88. The molecule has 9 fully saturated rings. The lowest BCUT2D eigenvalue weighted by Gasteiger charge is -2.46. The topological polar surface area (TPSA) is 361 Å². The van der Waals surface area contributed by atoms with Crippen LogP contribution in [0, 0.1) is 34.5 Å². The molecule has 676 valence electrons. The molecule has 6 aromatic rings. The molecule has 9 heterocycles.